The van der Waals surface area contributed by atoms with Crippen LogP contribution in [0.15, 0.2) is 29.4 Å². The second-order valence-electron chi connectivity index (χ2n) is 6.06. The van der Waals surface area contributed by atoms with Gasteiger partial charge in [-0.1, -0.05) is 6.07 Å². The number of nitrogens with one attached hydrogen (secondary N) is 2. The molecule has 0 fully saturated rings. The molecule has 0 aliphatic carbocycles. The van der Waals surface area contributed by atoms with Crippen molar-refractivity contribution in [3.8, 4) is 11.5 Å². The van der Waals surface area contributed by atoms with Gasteiger partial charge in [-0.05, 0) is 44.4 Å². The number of halogens is 1. The molecule has 1 heterocycles. The number of benzene rings is 1. The quantitative estimate of drug-likeness (QED) is 0.217. The number of rotatable bonds is 10. The molecule has 0 bridgehead atoms. The average Bonchev–Trinajstić information content (AvgIpc) is 3.09. The lowest BCUT2D eigenvalue weighted by Crippen LogP contribution is -2.38. The van der Waals surface area contributed by atoms with Crippen LogP contribution in [0.2, 0.25) is 0 Å². The third-order valence-corrected chi connectivity index (χ3v) is 4.96. The van der Waals surface area contributed by atoms with E-state index in [-0.39, 0.29) is 24.0 Å². The van der Waals surface area contributed by atoms with Gasteiger partial charge >= 0.3 is 0 Å². The molecule has 0 saturated carbocycles. The van der Waals surface area contributed by atoms with Crippen molar-refractivity contribution in [2.45, 2.75) is 33.1 Å². The number of hydrogen-bond donors (Lipinski definition) is 2. The largest absolute Gasteiger partial charge is 0.493 e. The normalized spacial score (nSPS) is 10.9. The highest BCUT2D eigenvalue weighted by Crippen LogP contribution is 2.28. The predicted molar refractivity (Wildman–Crippen MR) is 128 cm³/mol. The van der Waals surface area contributed by atoms with E-state index in [0.717, 1.165) is 54.8 Å². The summed E-state index contributed by atoms with van der Waals surface area (Å²) in [5.74, 6) is 2.41. The molecule has 0 saturated heterocycles. The lowest BCUT2D eigenvalue weighted by Gasteiger charge is -2.13. The Morgan fingerprint density at radius 3 is 2.61 bits per heavy atom. The van der Waals surface area contributed by atoms with Gasteiger partial charge in [0.2, 0.25) is 0 Å². The summed E-state index contributed by atoms with van der Waals surface area (Å²) in [5.41, 5.74) is 1.24. The van der Waals surface area contributed by atoms with Gasteiger partial charge in [0.15, 0.2) is 17.5 Å². The third-order valence-electron chi connectivity index (χ3n) is 3.99. The maximum atomic E-state index is 5.64. The van der Waals surface area contributed by atoms with E-state index >= 15 is 0 Å². The van der Waals surface area contributed by atoms with Crippen molar-refractivity contribution in [1.82, 2.24) is 15.6 Å². The average molecular weight is 518 g/mol. The summed E-state index contributed by atoms with van der Waals surface area (Å²) in [7, 11) is 3.45. The highest BCUT2D eigenvalue weighted by Gasteiger charge is 2.06. The summed E-state index contributed by atoms with van der Waals surface area (Å²) in [6.07, 6.45) is 4.80. The number of guanidine groups is 1. The molecule has 0 spiro atoms. The van der Waals surface area contributed by atoms with Crippen LogP contribution in [-0.2, 0) is 12.8 Å². The number of aryl methyl sites for hydroxylation is 2. The summed E-state index contributed by atoms with van der Waals surface area (Å²) < 4.78 is 11.0. The van der Waals surface area contributed by atoms with E-state index in [9.17, 15) is 0 Å². The number of aliphatic imine (C=N–C) groups is 1. The molecule has 0 radical (unpaired) electrons. The molecule has 1 aromatic carbocycles. The zero-order valence-electron chi connectivity index (χ0n) is 17.1. The smallest absolute Gasteiger partial charge is 0.190 e. The Hall–Kier alpha value is -1.55. The Morgan fingerprint density at radius 1 is 1.18 bits per heavy atom. The number of hydrogen-bond acceptors (Lipinski definition) is 5. The summed E-state index contributed by atoms with van der Waals surface area (Å²) in [4.78, 5) is 9.90. The molecule has 156 valence electrons. The topological polar surface area (TPSA) is 67.8 Å². The lowest BCUT2D eigenvalue weighted by atomic mass is 10.1. The molecular formula is C20H31IN4O2S. The Balaban J connectivity index is 0.00000392. The van der Waals surface area contributed by atoms with Gasteiger partial charge in [0.05, 0.1) is 18.7 Å². The molecule has 6 nitrogen and oxygen atoms in total. The Labute approximate surface area is 189 Å². The maximum Gasteiger partial charge on any atom is 0.190 e. The minimum Gasteiger partial charge on any atom is -0.493 e. The molecule has 2 aromatic rings. The SMILES string of the molecule is CCOc1cc(CCCNC(=NC)NCCc2ncc(C)s2)ccc1OC.I. The van der Waals surface area contributed by atoms with Crippen molar-refractivity contribution in [2.75, 3.05) is 33.9 Å². The molecule has 0 aliphatic rings. The number of thiazole rings is 1. The van der Waals surface area contributed by atoms with Gasteiger partial charge in [0.1, 0.15) is 0 Å². The first-order chi connectivity index (χ1) is 13.2. The second-order valence-corrected chi connectivity index (χ2v) is 7.38. The number of ether oxygens (including phenoxy) is 2. The molecule has 2 N–H and O–H groups in total. The van der Waals surface area contributed by atoms with Crippen LogP contribution in [0.4, 0.5) is 0 Å². The summed E-state index contributed by atoms with van der Waals surface area (Å²) >= 11 is 1.74. The van der Waals surface area contributed by atoms with Crippen LogP contribution in [0.1, 0.15) is 28.8 Å². The van der Waals surface area contributed by atoms with Crippen LogP contribution in [0, 0.1) is 6.92 Å². The van der Waals surface area contributed by atoms with Gasteiger partial charge in [-0.3, -0.25) is 4.99 Å². The number of nitrogens with zero attached hydrogens (tertiary/aromatic N) is 2. The highest BCUT2D eigenvalue weighted by molar-refractivity contribution is 14.0. The fraction of sp³-hybridized carbons (Fsp3) is 0.500. The van der Waals surface area contributed by atoms with Crippen molar-refractivity contribution in [3.63, 3.8) is 0 Å². The molecule has 1 aromatic heterocycles. The number of aromatic nitrogens is 1. The fourth-order valence-electron chi connectivity index (χ4n) is 2.67. The molecule has 0 amide bonds. The molecular weight excluding hydrogens is 487 g/mol. The number of methoxy groups -OCH3 is 1. The van der Waals surface area contributed by atoms with Gasteiger partial charge in [-0.25, -0.2) is 4.98 Å². The van der Waals surface area contributed by atoms with Crippen molar-refractivity contribution in [2.24, 2.45) is 4.99 Å². The van der Waals surface area contributed by atoms with Crippen molar-refractivity contribution in [3.05, 3.63) is 39.8 Å². The maximum absolute atomic E-state index is 5.64. The van der Waals surface area contributed by atoms with E-state index in [4.69, 9.17) is 9.47 Å². The van der Waals surface area contributed by atoms with Gasteiger partial charge < -0.3 is 20.1 Å². The standard InChI is InChI=1S/C20H30N4O2S.HI/c1-5-26-18-13-16(8-9-17(18)25-4)7-6-11-22-20(21-3)23-12-10-19-24-14-15(2)27-19;/h8-9,13-14H,5-7,10-12H2,1-4H3,(H2,21,22,23);1H. The van der Waals surface area contributed by atoms with Gasteiger partial charge in [-0.15, -0.1) is 35.3 Å². The summed E-state index contributed by atoms with van der Waals surface area (Å²) in [5, 5.41) is 7.85. The predicted octanol–water partition coefficient (Wildman–Crippen LogP) is 3.82. The minimum absolute atomic E-state index is 0. The first-order valence-corrected chi connectivity index (χ1v) is 10.1. The van der Waals surface area contributed by atoms with Crippen LogP contribution >= 0.6 is 35.3 Å². The Kier molecular flexibility index (Phi) is 11.9. The second kappa shape index (κ2) is 13.6. The van der Waals surface area contributed by atoms with Crippen molar-refractivity contribution < 1.29 is 9.47 Å². The molecule has 2 rings (SSSR count). The Bertz CT molecular complexity index is 737. The molecule has 0 aliphatic heterocycles. The van der Waals surface area contributed by atoms with E-state index in [2.05, 4.69) is 39.7 Å². The Morgan fingerprint density at radius 2 is 1.96 bits per heavy atom. The van der Waals surface area contributed by atoms with Crippen molar-refractivity contribution in [1.29, 1.82) is 0 Å². The van der Waals surface area contributed by atoms with E-state index < -0.39 is 0 Å². The molecule has 0 unspecified atom stereocenters. The summed E-state index contributed by atoms with van der Waals surface area (Å²) in [6, 6.07) is 6.12. The van der Waals surface area contributed by atoms with Crippen LogP contribution < -0.4 is 20.1 Å². The van der Waals surface area contributed by atoms with Crippen LogP contribution in [0.25, 0.3) is 0 Å². The van der Waals surface area contributed by atoms with Gasteiger partial charge in [-0.2, -0.15) is 0 Å². The molecule has 0 atom stereocenters. The fourth-order valence-corrected chi connectivity index (χ4v) is 3.46. The van der Waals surface area contributed by atoms with Gasteiger partial charge in [0, 0.05) is 37.6 Å². The first kappa shape index (κ1) is 24.5. The van der Waals surface area contributed by atoms with Gasteiger partial charge in [0.25, 0.3) is 0 Å². The lowest BCUT2D eigenvalue weighted by molar-refractivity contribution is 0.310. The van der Waals surface area contributed by atoms with Crippen LogP contribution in [0.5, 0.6) is 11.5 Å². The first-order valence-electron chi connectivity index (χ1n) is 9.31. The van der Waals surface area contributed by atoms with E-state index in [1.165, 1.54) is 10.4 Å². The van der Waals surface area contributed by atoms with E-state index in [1.807, 2.05) is 19.2 Å². The molecule has 8 heteroatoms. The minimum atomic E-state index is 0. The zero-order chi connectivity index (χ0) is 19.5. The van der Waals surface area contributed by atoms with Crippen molar-refractivity contribution >= 4 is 41.3 Å². The third kappa shape index (κ3) is 8.22. The van der Waals surface area contributed by atoms with E-state index in [0.29, 0.717) is 6.61 Å². The highest BCUT2D eigenvalue weighted by atomic mass is 127. The molecule has 28 heavy (non-hydrogen) atoms. The van der Waals surface area contributed by atoms with Crippen LogP contribution in [0.3, 0.4) is 0 Å². The summed E-state index contributed by atoms with van der Waals surface area (Å²) in [6.45, 7) is 6.36. The zero-order valence-corrected chi connectivity index (χ0v) is 20.2. The monoisotopic (exact) mass is 518 g/mol. The van der Waals surface area contributed by atoms with Crippen LogP contribution in [-0.4, -0.2) is 44.8 Å². The van der Waals surface area contributed by atoms with E-state index in [1.54, 1.807) is 25.5 Å².